The van der Waals surface area contributed by atoms with Crippen LogP contribution in [-0.2, 0) is 23.4 Å². The zero-order valence-electron chi connectivity index (χ0n) is 16.6. The van der Waals surface area contributed by atoms with Crippen LogP contribution in [0.3, 0.4) is 0 Å². The van der Waals surface area contributed by atoms with Gasteiger partial charge in [0.15, 0.2) is 0 Å². The van der Waals surface area contributed by atoms with Crippen LogP contribution >= 0.6 is 23.1 Å². The van der Waals surface area contributed by atoms with Crippen molar-refractivity contribution in [2.45, 2.75) is 31.4 Å². The number of thioether (sulfide) groups is 1. The Morgan fingerprint density at radius 1 is 1.26 bits per heavy atom. The Labute approximate surface area is 186 Å². The van der Waals surface area contributed by atoms with Crippen molar-refractivity contribution in [1.29, 1.82) is 0 Å². The van der Waals surface area contributed by atoms with Crippen LogP contribution in [0, 0.1) is 0 Å². The fraction of sp³-hybridized carbons (Fsp3) is 0.286. The third kappa shape index (κ3) is 4.26. The number of nitrogens with zero attached hydrogens (tertiary/aromatic N) is 4. The predicted molar refractivity (Wildman–Crippen MR) is 123 cm³/mol. The molecule has 0 saturated carbocycles. The zero-order chi connectivity index (χ0) is 21.2. The summed E-state index contributed by atoms with van der Waals surface area (Å²) in [5, 5.41) is 7.75. The lowest BCUT2D eigenvalue weighted by Gasteiger charge is -2.07. The van der Waals surface area contributed by atoms with E-state index < -0.39 is 0 Å². The molecule has 3 heterocycles. The number of hydrogen-bond donors (Lipinski definition) is 2. The van der Waals surface area contributed by atoms with Crippen LogP contribution < -0.4 is 10.9 Å². The van der Waals surface area contributed by atoms with E-state index in [1.54, 1.807) is 34.1 Å². The van der Waals surface area contributed by atoms with E-state index in [4.69, 9.17) is 0 Å². The molecule has 5 rings (SSSR count). The molecule has 1 aromatic carbocycles. The lowest BCUT2D eigenvalue weighted by Crippen LogP contribution is -2.13. The summed E-state index contributed by atoms with van der Waals surface area (Å²) in [5.41, 5.74) is 2.77. The molecule has 10 heteroatoms. The minimum atomic E-state index is -0.0485. The molecule has 1 aliphatic rings. The quantitative estimate of drug-likeness (QED) is 0.417. The van der Waals surface area contributed by atoms with Crippen LogP contribution in [0.5, 0.6) is 0 Å². The molecule has 1 aliphatic carbocycles. The van der Waals surface area contributed by atoms with E-state index in [2.05, 4.69) is 25.4 Å². The zero-order valence-corrected chi connectivity index (χ0v) is 18.3. The van der Waals surface area contributed by atoms with Gasteiger partial charge in [-0.25, -0.2) is 14.6 Å². The first kappa shape index (κ1) is 20.0. The normalized spacial score (nSPS) is 12.9. The molecule has 0 atom stereocenters. The summed E-state index contributed by atoms with van der Waals surface area (Å²) in [5.74, 6) is 1.85. The molecule has 158 valence electrons. The number of hydrogen-bond acceptors (Lipinski definition) is 7. The number of carbonyl (C=O) groups is 1. The summed E-state index contributed by atoms with van der Waals surface area (Å²) in [6.45, 7) is 0. The number of amides is 1. The SMILES string of the molecule is O=C(CCSCc1nc2sc3c(c2c(=O)[nH]1)CCC3)Nc1ccc(-n2cncn2)cc1. The van der Waals surface area contributed by atoms with E-state index in [0.717, 1.165) is 40.9 Å². The lowest BCUT2D eigenvalue weighted by atomic mass is 10.2. The molecule has 4 aromatic rings. The Morgan fingerprint density at radius 2 is 2.13 bits per heavy atom. The number of carbonyl (C=O) groups excluding carboxylic acids is 1. The molecular weight excluding hydrogens is 432 g/mol. The number of benzene rings is 1. The van der Waals surface area contributed by atoms with Gasteiger partial charge in [0.25, 0.3) is 5.56 Å². The van der Waals surface area contributed by atoms with Crippen molar-refractivity contribution in [1.82, 2.24) is 24.7 Å². The fourth-order valence-corrected chi connectivity index (χ4v) is 5.80. The van der Waals surface area contributed by atoms with Gasteiger partial charge < -0.3 is 10.3 Å². The maximum atomic E-state index is 12.5. The Bertz CT molecular complexity index is 1280. The van der Waals surface area contributed by atoms with Crippen molar-refractivity contribution in [2.75, 3.05) is 11.1 Å². The number of nitrogens with one attached hydrogen (secondary N) is 2. The van der Waals surface area contributed by atoms with Gasteiger partial charge in [-0.2, -0.15) is 16.9 Å². The number of H-pyrrole nitrogens is 1. The molecule has 0 unspecified atom stereocenters. The van der Waals surface area contributed by atoms with Crippen LogP contribution in [0.2, 0.25) is 0 Å². The van der Waals surface area contributed by atoms with Gasteiger partial charge >= 0.3 is 0 Å². The molecule has 0 bridgehead atoms. The Hall–Kier alpha value is -2.98. The van der Waals surface area contributed by atoms with Crippen molar-refractivity contribution in [3.05, 3.63) is 63.5 Å². The molecule has 1 amide bonds. The summed E-state index contributed by atoms with van der Waals surface area (Å²) >= 11 is 3.23. The van der Waals surface area contributed by atoms with Crippen LogP contribution in [0.25, 0.3) is 15.9 Å². The van der Waals surface area contributed by atoms with E-state index in [1.165, 1.54) is 16.8 Å². The van der Waals surface area contributed by atoms with Gasteiger partial charge in [0.2, 0.25) is 5.91 Å². The predicted octanol–water partition coefficient (Wildman–Crippen LogP) is 3.32. The van der Waals surface area contributed by atoms with Crippen molar-refractivity contribution in [3.63, 3.8) is 0 Å². The minimum Gasteiger partial charge on any atom is -0.326 e. The highest BCUT2D eigenvalue weighted by Crippen LogP contribution is 2.34. The highest BCUT2D eigenvalue weighted by Gasteiger charge is 2.21. The minimum absolute atomic E-state index is 0.0351. The molecule has 0 fully saturated rings. The van der Waals surface area contributed by atoms with Gasteiger partial charge in [-0.1, -0.05) is 0 Å². The number of aromatic amines is 1. The highest BCUT2D eigenvalue weighted by molar-refractivity contribution is 7.98. The van der Waals surface area contributed by atoms with Gasteiger partial charge in [-0.3, -0.25) is 9.59 Å². The molecule has 0 radical (unpaired) electrons. The lowest BCUT2D eigenvalue weighted by molar-refractivity contribution is -0.115. The molecule has 0 spiro atoms. The average molecular weight is 453 g/mol. The van der Waals surface area contributed by atoms with E-state index in [9.17, 15) is 9.59 Å². The second-order valence-corrected chi connectivity index (χ2v) is 9.48. The van der Waals surface area contributed by atoms with Crippen molar-refractivity contribution < 1.29 is 4.79 Å². The van der Waals surface area contributed by atoms with Crippen LogP contribution in [0.4, 0.5) is 5.69 Å². The van der Waals surface area contributed by atoms with Crippen molar-refractivity contribution in [2.24, 2.45) is 0 Å². The highest BCUT2D eigenvalue weighted by atomic mass is 32.2. The summed E-state index contributed by atoms with van der Waals surface area (Å²) in [6, 6.07) is 7.42. The van der Waals surface area contributed by atoms with Gasteiger partial charge in [0.05, 0.1) is 16.8 Å². The van der Waals surface area contributed by atoms with Crippen molar-refractivity contribution >= 4 is 44.9 Å². The molecule has 3 aromatic heterocycles. The Kier molecular flexibility index (Phi) is 5.56. The van der Waals surface area contributed by atoms with E-state index >= 15 is 0 Å². The standard InChI is InChI=1S/C21H20N6O2S2/c28-18(24-13-4-6-14(7-5-13)27-12-22-11-23-27)8-9-30-10-17-25-20(29)19-15-2-1-3-16(15)31-21(19)26-17/h4-7,11-12H,1-3,8-10H2,(H,24,28)(H,25,26,29). The monoisotopic (exact) mass is 452 g/mol. The van der Waals surface area contributed by atoms with Gasteiger partial charge in [-0.05, 0) is 49.1 Å². The number of rotatable bonds is 7. The first-order valence-electron chi connectivity index (χ1n) is 10.0. The molecule has 8 nitrogen and oxygen atoms in total. The summed E-state index contributed by atoms with van der Waals surface area (Å²) in [4.78, 5) is 38.3. The maximum absolute atomic E-state index is 12.5. The number of fused-ring (bicyclic) bond motifs is 3. The summed E-state index contributed by atoms with van der Waals surface area (Å²) in [7, 11) is 0. The van der Waals surface area contributed by atoms with Crippen LogP contribution in [-0.4, -0.2) is 36.4 Å². The third-order valence-corrected chi connectivity index (χ3v) is 7.33. The molecule has 0 aliphatic heterocycles. The Balaban J connectivity index is 1.12. The number of aromatic nitrogens is 5. The topological polar surface area (TPSA) is 106 Å². The number of anilines is 1. The van der Waals surface area contributed by atoms with E-state index in [0.29, 0.717) is 23.8 Å². The average Bonchev–Trinajstić information content (AvgIpc) is 3.49. The van der Waals surface area contributed by atoms with Gasteiger partial charge in [0.1, 0.15) is 23.3 Å². The maximum Gasteiger partial charge on any atom is 0.259 e. The second kappa shape index (κ2) is 8.64. The van der Waals surface area contributed by atoms with E-state index in [1.807, 2.05) is 24.3 Å². The first-order chi connectivity index (χ1) is 15.2. The van der Waals surface area contributed by atoms with Gasteiger partial charge in [0, 0.05) is 22.7 Å². The molecule has 31 heavy (non-hydrogen) atoms. The van der Waals surface area contributed by atoms with Crippen LogP contribution in [0.1, 0.15) is 29.1 Å². The fourth-order valence-electron chi connectivity index (χ4n) is 3.71. The van der Waals surface area contributed by atoms with Gasteiger partial charge in [-0.15, -0.1) is 11.3 Å². The summed E-state index contributed by atoms with van der Waals surface area (Å²) < 4.78 is 1.65. The Morgan fingerprint density at radius 3 is 2.94 bits per heavy atom. The first-order valence-corrected chi connectivity index (χ1v) is 12.0. The largest absolute Gasteiger partial charge is 0.326 e. The molecule has 0 saturated heterocycles. The molecule has 2 N–H and O–H groups in total. The summed E-state index contributed by atoms with van der Waals surface area (Å²) in [6.07, 6.45) is 6.64. The second-order valence-electron chi connectivity index (χ2n) is 7.29. The third-order valence-electron chi connectivity index (χ3n) is 5.17. The molecular formula is C21H20N6O2S2. The van der Waals surface area contributed by atoms with Crippen LogP contribution in [0.15, 0.2) is 41.7 Å². The van der Waals surface area contributed by atoms with Crippen molar-refractivity contribution in [3.8, 4) is 5.69 Å². The van der Waals surface area contributed by atoms with E-state index in [-0.39, 0.29) is 11.5 Å². The number of thiophene rings is 1. The smallest absolute Gasteiger partial charge is 0.259 e. The number of aryl methyl sites for hydroxylation is 2.